The van der Waals surface area contributed by atoms with Crippen molar-refractivity contribution >= 4 is 0 Å². The first kappa shape index (κ1) is 13.7. The van der Waals surface area contributed by atoms with Gasteiger partial charge in [0.15, 0.2) is 0 Å². The molecule has 0 rings (SSSR count). The maximum Gasteiger partial charge on any atom is 0.0649 e. The predicted octanol–water partition coefficient (Wildman–Crippen LogP) is 3.17. The largest absolute Gasteiger partial charge is 0.378 e. The van der Waals surface area contributed by atoms with Crippen LogP contribution in [0.4, 0.5) is 0 Å². The van der Waals surface area contributed by atoms with E-state index in [2.05, 4.69) is 33.8 Å². The Morgan fingerprint density at radius 3 is 2.57 bits per heavy atom. The lowest BCUT2D eigenvalue weighted by Gasteiger charge is -2.07. The molecule has 0 aromatic rings. The maximum absolute atomic E-state index is 5.46. The van der Waals surface area contributed by atoms with Crippen molar-refractivity contribution in [3.63, 3.8) is 0 Å². The lowest BCUT2D eigenvalue weighted by Crippen LogP contribution is -2.04. The van der Waals surface area contributed by atoms with Gasteiger partial charge in [0.05, 0.1) is 19.3 Å². The molecule has 0 radical (unpaired) electrons. The molecule has 84 valence electrons. The second kappa shape index (κ2) is 9.22. The highest BCUT2D eigenvalue weighted by molar-refractivity contribution is 4.97. The van der Waals surface area contributed by atoms with Gasteiger partial charge in [0, 0.05) is 6.61 Å². The fraction of sp³-hybridized carbons (Fsp3) is 0.833. The van der Waals surface area contributed by atoms with Gasteiger partial charge in [-0.2, -0.15) is 0 Å². The molecular weight excluding hydrogens is 176 g/mol. The van der Waals surface area contributed by atoms with Gasteiger partial charge in [-0.05, 0) is 33.6 Å². The van der Waals surface area contributed by atoms with Gasteiger partial charge in [0.1, 0.15) is 0 Å². The van der Waals surface area contributed by atoms with Crippen LogP contribution < -0.4 is 0 Å². The minimum Gasteiger partial charge on any atom is -0.378 e. The van der Waals surface area contributed by atoms with E-state index in [1.165, 1.54) is 5.57 Å². The summed E-state index contributed by atoms with van der Waals surface area (Å²) in [5, 5.41) is 0. The van der Waals surface area contributed by atoms with E-state index < -0.39 is 0 Å². The van der Waals surface area contributed by atoms with Gasteiger partial charge >= 0.3 is 0 Å². The van der Waals surface area contributed by atoms with Crippen LogP contribution in [0.15, 0.2) is 11.6 Å². The molecule has 2 nitrogen and oxygen atoms in total. The number of rotatable bonds is 8. The first-order valence-electron chi connectivity index (χ1n) is 5.51. The first-order valence-corrected chi connectivity index (χ1v) is 5.51. The highest BCUT2D eigenvalue weighted by Crippen LogP contribution is 2.01. The van der Waals surface area contributed by atoms with Crippen LogP contribution in [0.1, 0.15) is 40.5 Å². The van der Waals surface area contributed by atoms with E-state index in [4.69, 9.17) is 9.47 Å². The van der Waals surface area contributed by atoms with Crippen molar-refractivity contribution in [3.05, 3.63) is 11.6 Å². The SMILES string of the molecule is CCCOCC=C(C)CCOC(C)C. The molecule has 0 aromatic heterocycles. The highest BCUT2D eigenvalue weighted by Gasteiger charge is 1.94. The predicted molar refractivity (Wildman–Crippen MR) is 60.6 cm³/mol. The summed E-state index contributed by atoms with van der Waals surface area (Å²) in [4.78, 5) is 0. The molecule has 0 saturated carbocycles. The summed E-state index contributed by atoms with van der Waals surface area (Å²) in [6.07, 6.45) is 4.57. The third-order valence-electron chi connectivity index (χ3n) is 1.85. The van der Waals surface area contributed by atoms with E-state index in [0.717, 1.165) is 32.7 Å². The zero-order valence-corrected chi connectivity index (χ0v) is 10.0. The Balaban J connectivity index is 3.37. The van der Waals surface area contributed by atoms with E-state index >= 15 is 0 Å². The fourth-order valence-electron chi connectivity index (χ4n) is 0.987. The van der Waals surface area contributed by atoms with Crippen LogP contribution in [0.5, 0.6) is 0 Å². The lowest BCUT2D eigenvalue weighted by molar-refractivity contribution is 0.0811. The minimum absolute atomic E-state index is 0.333. The van der Waals surface area contributed by atoms with Gasteiger partial charge in [-0.1, -0.05) is 18.6 Å². The molecule has 0 aliphatic rings. The molecule has 0 heterocycles. The molecule has 0 spiro atoms. The van der Waals surface area contributed by atoms with Crippen LogP contribution in [0.25, 0.3) is 0 Å². The molecule has 0 atom stereocenters. The number of hydrogen-bond acceptors (Lipinski definition) is 2. The molecular formula is C12H24O2. The van der Waals surface area contributed by atoms with Crippen molar-refractivity contribution in [1.29, 1.82) is 0 Å². The molecule has 2 heteroatoms. The Bertz CT molecular complexity index is 150. The summed E-state index contributed by atoms with van der Waals surface area (Å²) < 4.78 is 10.8. The third kappa shape index (κ3) is 9.75. The minimum atomic E-state index is 0.333. The second-order valence-corrected chi connectivity index (χ2v) is 3.79. The zero-order chi connectivity index (χ0) is 10.8. The molecule has 0 amide bonds. The van der Waals surface area contributed by atoms with Crippen LogP contribution in [0.2, 0.25) is 0 Å². The molecule has 0 bridgehead atoms. The Hall–Kier alpha value is -0.340. The number of hydrogen-bond donors (Lipinski definition) is 0. The first-order chi connectivity index (χ1) is 6.66. The molecule has 0 N–H and O–H groups in total. The summed E-state index contributed by atoms with van der Waals surface area (Å²) in [6, 6.07) is 0. The van der Waals surface area contributed by atoms with E-state index in [1.807, 2.05) is 0 Å². The molecule has 0 aliphatic carbocycles. The molecule has 0 aliphatic heterocycles. The highest BCUT2D eigenvalue weighted by atomic mass is 16.5. The summed E-state index contributed by atoms with van der Waals surface area (Å²) in [7, 11) is 0. The van der Waals surface area contributed by atoms with Crippen LogP contribution in [-0.2, 0) is 9.47 Å². The van der Waals surface area contributed by atoms with Gasteiger partial charge in [-0.3, -0.25) is 0 Å². The molecule has 14 heavy (non-hydrogen) atoms. The summed E-state index contributed by atoms with van der Waals surface area (Å²) in [5.41, 5.74) is 1.35. The standard InChI is InChI=1S/C12H24O2/c1-5-8-13-9-6-12(4)7-10-14-11(2)3/h6,11H,5,7-10H2,1-4H3. The zero-order valence-electron chi connectivity index (χ0n) is 10.0. The van der Waals surface area contributed by atoms with Gasteiger partial charge < -0.3 is 9.47 Å². The summed E-state index contributed by atoms with van der Waals surface area (Å²) in [5.74, 6) is 0. The molecule has 0 fully saturated rings. The Morgan fingerprint density at radius 2 is 2.00 bits per heavy atom. The quantitative estimate of drug-likeness (QED) is 0.442. The monoisotopic (exact) mass is 200 g/mol. The van der Waals surface area contributed by atoms with E-state index in [-0.39, 0.29) is 0 Å². The van der Waals surface area contributed by atoms with Crippen molar-refractivity contribution in [2.75, 3.05) is 19.8 Å². The van der Waals surface area contributed by atoms with Crippen molar-refractivity contribution < 1.29 is 9.47 Å². The molecule has 0 saturated heterocycles. The summed E-state index contributed by atoms with van der Waals surface area (Å²) in [6.45, 7) is 10.8. The summed E-state index contributed by atoms with van der Waals surface area (Å²) >= 11 is 0. The van der Waals surface area contributed by atoms with Crippen molar-refractivity contribution in [3.8, 4) is 0 Å². The van der Waals surface area contributed by atoms with E-state index in [1.54, 1.807) is 0 Å². The van der Waals surface area contributed by atoms with Crippen molar-refractivity contribution in [1.82, 2.24) is 0 Å². The van der Waals surface area contributed by atoms with Crippen LogP contribution >= 0.6 is 0 Å². The van der Waals surface area contributed by atoms with Gasteiger partial charge in [-0.25, -0.2) is 0 Å². The lowest BCUT2D eigenvalue weighted by atomic mass is 10.2. The van der Waals surface area contributed by atoms with Crippen LogP contribution in [0, 0.1) is 0 Å². The van der Waals surface area contributed by atoms with E-state index in [0.29, 0.717) is 6.10 Å². The average Bonchev–Trinajstić information content (AvgIpc) is 2.12. The van der Waals surface area contributed by atoms with Gasteiger partial charge in [0.2, 0.25) is 0 Å². The van der Waals surface area contributed by atoms with Gasteiger partial charge in [0.25, 0.3) is 0 Å². The van der Waals surface area contributed by atoms with E-state index in [9.17, 15) is 0 Å². The maximum atomic E-state index is 5.46. The smallest absolute Gasteiger partial charge is 0.0649 e. The normalized spacial score (nSPS) is 12.5. The Labute approximate surface area is 88.3 Å². The second-order valence-electron chi connectivity index (χ2n) is 3.79. The number of ether oxygens (including phenoxy) is 2. The van der Waals surface area contributed by atoms with Crippen LogP contribution in [0.3, 0.4) is 0 Å². The van der Waals surface area contributed by atoms with Gasteiger partial charge in [-0.15, -0.1) is 0 Å². The Kier molecular flexibility index (Phi) is 9.00. The average molecular weight is 200 g/mol. The molecule has 0 aromatic carbocycles. The topological polar surface area (TPSA) is 18.5 Å². The third-order valence-corrected chi connectivity index (χ3v) is 1.85. The van der Waals surface area contributed by atoms with Crippen molar-refractivity contribution in [2.24, 2.45) is 0 Å². The molecule has 0 unspecified atom stereocenters. The van der Waals surface area contributed by atoms with Crippen LogP contribution in [-0.4, -0.2) is 25.9 Å². The van der Waals surface area contributed by atoms with Crippen molar-refractivity contribution in [2.45, 2.75) is 46.6 Å². The Morgan fingerprint density at radius 1 is 1.29 bits per heavy atom. The fourth-order valence-corrected chi connectivity index (χ4v) is 0.987.